The average Bonchev–Trinajstić information content (AvgIpc) is 3.08. The van der Waals surface area contributed by atoms with Crippen LogP contribution in [0.25, 0.3) is 16.9 Å². The van der Waals surface area contributed by atoms with Gasteiger partial charge >= 0.3 is 12.5 Å². The number of benzene rings is 2. The number of alkyl halides is 4. The fourth-order valence-corrected chi connectivity index (χ4v) is 3.04. The van der Waals surface area contributed by atoms with Crippen LogP contribution in [0.3, 0.4) is 0 Å². The Morgan fingerprint density at radius 1 is 0.967 bits per heavy atom. The molecule has 4 nitrogen and oxygen atoms in total. The highest BCUT2D eigenvalue weighted by molar-refractivity contribution is 5.80. The van der Waals surface area contributed by atoms with Crippen molar-refractivity contribution in [3.63, 3.8) is 0 Å². The first-order chi connectivity index (χ1) is 14.3. The maximum absolute atomic E-state index is 13.1. The van der Waals surface area contributed by atoms with E-state index in [9.17, 15) is 17.6 Å². The molecule has 0 atom stereocenters. The lowest BCUT2D eigenvalue weighted by molar-refractivity contribution is -0.253. The number of nitrogens with one attached hydrogen (secondary N) is 1. The van der Waals surface area contributed by atoms with Crippen molar-refractivity contribution in [2.45, 2.75) is 19.5 Å². The van der Waals surface area contributed by atoms with Crippen LogP contribution in [-0.4, -0.2) is 21.9 Å². The Morgan fingerprint density at radius 2 is 1.67 bits per heavy atom. The molecule has 0 saturated heterocycles. The van der Waals surface area contributed by atoms with Gasteiger partial charge in [-0.1, -0.05) is 24.3 Å². The topological polar surface area (TPSA) is 38.6 Å². The molecule has 0 bridgehead atoms. The van der Waals surface area contributed by atoms with Crippen LogP contribution in [0.5, 0.6) is 5.75 Å². The van der Waals surface area contributed by atoms with E-state index >= 15 is 0 Å². The first-order valence-electron chi connectivity index (χ1n) is 9.10. The molecule has 0 radical (unpaired) electrons. The second-order valence-corrected chi connectivity index (χ2v) is 6.67. The number of fused-ring (bicyclic) bond motifs is 1. The summed E-state index contributed by atoms with van der Waals surface area (Å²) in [4.78, 5) is 4.63. The number of aryl methyl sites for hydroxylation is 1. The SMILES string of the molecule is Cc1ccccc1Nc1c(-c2ccc(OC(F)(F)C(F)F)cc2)nc2ccccn12. The van der Waals surface area contributed by atoms with Crippen molar-refractivity contribution in [3.8, 4) is 17.0 Å². The largest absolute Gasteiger partial charge is 0.461 e. The number of nitrogens with zero attached hydrogens (tertiary/aromatic N) is 2. The van der Waals surface area contributed by atoms with E-state index in [1.807, 2.05) is 60.0 Å². The van der Waals surface area contributed by atoms with Gasteiger partial charge in [0.25, 0.3) is 0 Å². The van der Waals surface area contributed by atoms with Crippen molar-refractivity contribution in [1.82, 2.24) is 9.38 Å². The van der Waals surface area contributed by atoms with E-state index in [1.165, 1.54) is 24.3 Å². The molecule has 0 aliphatic rings. The van der Waals surface area contributed by atoms with Gasteiger partial charge in [0.15, 0.2) is 0 Å². The zero-order valence-electron chi connectivity index (χ0n) is 15.8. The Hall–Kier alpha value is -3.55. The van der Waals surface area contributed by atoms with Gasteiger partial charge in [-0.05, 0) is 55.0 Å². The van der Waals surface area contributed by atoms with Crippen LogP contribution < -0.4 is 10.1 Å². The summed E-state index contributed by atoms with van der Waals surface area (Å²) >= 11 is 0. The van der Waals surface area contributed by atoms with Crippen LogP contribution in [0.2, 0.25) is 0 Å². The maximum atomic E-state index is 13.1. The normalized spacial score (nSPS) is 11.8. The third-order valence-electron chi connectivity index (χ3n) is 4.56. The van der Waals surface area contributed by atoms with Gasteiger partial charge in [-0.2, -0.15) is 17.6 Å². The molecule has 0 amide bonds. The summed E-state index contributed by atoms with van der Waals surface area (Å²) in [6.07, 6.45) is -6.62. The number of halogens is 4. The highest BCUT2D eigenvalue weighted by Crippen LogP contribution is 2.34. The molecular formula is C22H17F4N3O. The molecule has 2 heterocycles. The number of anilines is 2. The van der Waals surface area contributed by atoms with Gasteiger partial charge in [0.05, 0.1) is 0 Å². The quantitative estimate of drug-likeness (QED) is 0.376. The molecule has 0 fully saturated rings. The second-order valence-electron chi connectivity index (χ2n) is 6.67. The zero-order chi connectivity index (χ0) is 21.3. The number of hydrogen-bond donors (Lipinski definition) is 1. The van der Waals surface area contributed by atoms with Crippen LogP contribution >= 0.6 is 0 Å². The van der Waals surface area contributed by atoms with Gasteiger partial charge < -0.3 is 10.1 Å². The average molecular weight is 415 g/mol. The Bertz CT molecular complexity index is 1170. The zero-order valence-corrected chi connectivity index (χ0v) is 15.8. The summed E-state index contributed by atoms with van der Waals surface area (Å²) in [6.45, 7) is 1.97. The number of hydrogen-bond acceptors (Lipinski definition) is 3. The molecule has 4 aromatic rings. The lowest BCUT2D eigenvalue weighted by Gasteiger charge is -2.17. The van der Waals surface area contributed by atoms with E-state index < -0.39 is 12.5 Å². The van der Waals surface area contributed by atoms with Crippen LogP contribution in [0.15, 0.2) is 72.9 Å². The molecule has 30 heavy (non-hydrogen) atoms. The summed E-state index contributed by atoms with van der Waals surface area (Å²) in [5, 5.41) is 3.38. The monoisotopic (exact) mass is 415 g/mol. The summed E-state index contributed by atoms with van der Waals surface area (Å²) in [5.74, 6) is 0.327. The molecule has 0 aliphatic heterocycles. The van der Waals surface area contributed by atoms with Gasteiger partial charge in [-0.15, -0.1) is 0 Å². The van der Waals surface area contributed by atoms with Crippen molar-refractivity contribution in [1.29, 1.82) is 0 Å². The van der Waals surface area contributed by atoms with Crippen molar-refractivity contribution < 1.29 is 22.3 Å². The first-order valence-corrected chi connectivity index (χ1v) is 9.10. The van der Waals surface area contributed by atoms with Crippen molar-refractivity contribution >= 4 is 17.2 Å². The Kier molecular flexibility index (Phi) is 5.07. The third kappa shape index (κ3) is 3.80. The van der Waals surface area contributed by atoms with Gasteiger partial charge in [0, 0.05) is 17.4 Å². The molecule has 0 spiro atoms. The Morgan fingerprint density at radius 3 is 2.37 bits per heavy atom. The maximum Gasteiger partial charge on any atom is 0.461 e. The summed E-state index contributed by atoms with van der Waals surface area (Å²) < 4.78 is 57.0. The Balaban J connectivity index is 1.73. The third-order valence-corrected chi connectivity index (χ3v) is 4.56. The lowest BCUT2D eigenvalue weighted by atomic mass is 10.1. The molecule has 2 aromatic carbocycles. The predicted octanol–water partition coefficient (Wildman–Crippen LogP) is 6.29. The smallest absolute Gasteiger partial charge is 0.428 e. The number of ether oxygens (including phenoxy) is 1. The van der Waals surface area contributed by atoms with Gasteiger partial charge in [-0.25, -0.2) is 4.98 Å². The number of imidazole rings is 1. The molecule has 2 aromatic heterocycles. The summed E-state index contributed by atoms with van der Waals surface area (Å²) in [5.41, 5.74) is 3.81. The minimum absolute atomic E-state index is 0.360. The van der Waals surface area contributed by atoms with Crippen LogP contribution in [-0.2, 0) is 0 Å². The number of aromatic nitrogens is 2. The van der Waals surface area contributed by atoms with E-state index in [1.54, 1.807) is 0 Å². The molecule has 4 rings (SSSR count). The van der Waals surface area contributed by atoms with E-state index in [2.05, 4.69) is 15.0 Å². The van der Waals surface area contributed by atoms with Crippen molar-refractivity contribution in [3.05, 3.63) is 78.5 Å². The van der Waals surface area contributed by atoms with Crippen LogP contribution in [0.1, 0.15) is 5.56 Å². The van der Waals surface area contributed by atoms with E-state index in [-0.39, 0.29) is 5.75 Å². The van der Waals surface area contributed by atoms with Gasteiger partial charge in [0.2, 0.25) is 0 Å². The molecular weight excluding hydrogens is 398 g/mol. The number of pyridine rings is 1. The first kappa shape index (κ1) is 19.8. The standard InChI is InChI=1S/C22H17F4N3O/c1-14-6-2-3-7-17(14)27-20-19(28-18-8-4-5-13-29(18)20)15-9-11-16(12-10-15)30-22(25,26)21(23)24/h2-13,21,27H,1H3. The van der Waals surface area contributed by atoms with Gasteiger partial charge in [-0.3, -0.25) is 4.40 Å². The number of rotatable bonds is 6. The Labute approximate surface area is 169 Å². The van der Waals surface area contributed by atoms with Crippen LogP contribution in [0, 0.1) is 6.92 Å². The lowest BCUT2D eigenvalue weighted by Crippen LogP contribution is -2.33. The second kappa shape index (κ2) is 7.70. The molecule has 0 unspecified atom stereocenters. The predicted molar refractivity (Wildman–Crippen MR) is 107 cm³/mol. The molecule has 0 aliphatic carbocycles. The minimum atomic E-state index is -4.55. The summed E-state index contributed by atoms with van der Waals surface area (Å²) in [6, 6.07) is 18.7. The summed E-state index contributed by atoms with van der Waals surface area (Å²) in [7, 11) is 0. The van der Waals surface area contributed by atoms with Crippen LogP contribution in [0.4, 0.5) is 29.1 Å². The highest BCUT2D eigenvalue weighted by Gasteiger charge is 2.43. The van der Waals surface area contributed by atoms with Crippen molar-refractivity contribution in [2.75, 3.05) is 5.32 Å². The van der Waals surface area contributed by atoms with Gasteiger partial charge in [0.1, 0.15) is 22.9 Å². The molecule has 1 N–H and O–H groups in total. The van der Waals surface area contributed by atoms with E-state index in [0.717, 1.165) is 11.3 Å². The molecule has 0 saturated carbocycles. The number of para-hydroxylation sites is 1. The molecule has 154 valence electrons. The van der Waals surface area contributed by atoms with E-state index in [0.29, 0.717) is 22.7 Å². The minimum Gasteiger partial charge on any atom is -0.428 e. The fourth-order valence-electron chi connectivity index (χ4n) is 3.04. The van der Waals surface area contributed by atoms with Crippen molar-refractivity contribution in [2.24, 2.45) is 0 Å². The van der Waals surface area contributed by atoms with E-state index in [4.69, 9.17) is 0 Å². The molecule has 8 heteroatoms. The fraction of sp³-hybridized carbons (Fsp3) is 0.136. The highest BCUT2D eigenvalue weighted by atomic mass is 19.3.